The number of benzene rings is 3. The van der Waals surface area contributed by atoms with Crippen LogP contribution in [0.15, 0.2) is 66.7 Å². The van der Waals surface area contributed by atoms with E-state index in [1.807, 2.05) is 53.3 Å². The third-order valence-corrected chi connectivity index (χ3v) is 7.79. The van der Waals surface area contributed by atoms with Crippen molar-refractivity contribution >= 4 is 50.7 Å². The molecule has 0 aliphatic carbocycles. The van der Waals surface area contributed by atoms with Gasteiger partial charge in [-0.05, 0) is 47.0 Å². The Morgan fingerprint density at radius 3 is 2.66 bits per heavy atom. The van der Waals surface area contributed by atoms with Gasteiger partial charge in [-0.2, -0.15) is 0 Å². The van der Waals surface area contributed by atoms with Crippen LogP contribution in [0.3, 0.4) is 0 Å². The number of carbonyl (C=O) groups is 1. The van der Waals surface area contributed by atoms with Crippen molar-refractivity contribution in [2.24, 2.45) is 0 Å². The number of amides is 1. The minimum absolute atomic E-state index is 0.0657. The van der Waals surface area contributed by atoms with Gasteiger partial charge in [-0.25, -0.2) is 22.2 Å². The number of pyridine rings is 1. The number of halogens is 2. The van der Waals surface area contributed by atoms with Gasteiger partial charge in [0.1, 0.15) is 12.4 Å². The first-order chi connectivity index (χ1) is 18.2. The molecule has 1 aliphatic heterocycles. The molecule has 5 rings (SSSR count). The smallest absolute Gasteiger partial charge is 0.243 e. The molecule has 10 heteroatoms. The SMILES string of the molecule is CS(=O)(=O)NC(=O)CSC1c2ccccc2COc2ccc(C=Cc3ccc4cc(F)c(F)cc4n3)cc21. The first-order valence-electron chi connectivity index (χ1n) is 11.6. The molecule has 1 amide bonds. The largest absolute Gasteiger partial charge is 0.489 e. The van der Waals surface area contributed by atoms with E-state index in [0.717, 1.165) is 40.6 Å². The van der Waals surface area contributed by atoms with Crippen LogP contribution in [0.2, 0.25) is 0 Å². The molecule has 4 aromatic rings. The number of aromatic nitrogens is 1. The van der Waals surface area contributed by atoms with Crippen LogP contribution < -0.4 is 9.46 Å². The molecule has 38 heavy (non-hydrogen) atoms. The molecule has 0 fully saturated rings. The summed E-state index contributed by atoms with van der Waals surface area (Å²) in [6, 6.07) is 19.1. The standard InChI is InChI=1S/C28H22F2N2O4S2/c1-38(34,35)32-27(33)16-37-28-21-5-3-2-4-19(21)15-36-26-11-7-17(12-22(26)28)6-9-20-10-8-18-13-23(29)24(30)14-25(18)31-20/h2-14,28H,15-16H2,1H3,(H,32,33). The van der Waals surface area contributed by atoms with Crippen molar-refractivity contribution in [2.75, 3.05) is 12.0 Å². The number of thioether (sulfide) groups is 1. The molecule has 3 aromatic carbocycles. The van der Waals surface area contributed by atoms with Crippen molar-refractivity contribution in [1.82, 2.24) is 9.71 Å². The maximum atomic E-state index is 13.7. The van der Waals surface area contributed by atoms with Crippen LogP contribution >= 0.6 is 11.8 Å². The van der Waals surface area contributed by atoms with Crippen LogP contribution in [0, 0.1) is 11.6 Å². The van der Waals surface area contributed by atoms with E-state index in [0.29, 0.717) is 29.0 Å². The van der Waals surface area contributed by atoms with Crippen LogP contribution in [0.25, 0.3) is 23.1 Å². The molecule has 1 atom stereocenters. The van der Waals surface area contributed by atoms with Gasteiger partial charge in [0.05, 0.1) is 28.5 Å². The molecule has 0 bridgehead atoms. The van der Waals surface area contributed by atoms with E-state index in [1.165, 1.54) is 11.8 Å². The zero-order valence-electron chi connectivity index (χ0n) is 20.1. The zero-order valence-corrected chi connectivity index (χ0v) is 21.8. The van der Waals surface area contributed by atoms with Crippen LogP contribution in [0.1, 0.15) is 33.2 Å². The summed E-state index contributed by atoms with van der Waals surface area (Å²) in [7, 11) is -3.66. The number of ether oxygens (including phenoxy) is 1. The van der Waals surface area contributed by atoms with Crippen molar-refractivity contribution in [3.63, 3.8) is 0 Å². The van der Waals surface area contributed by atoms with Crippen LogP contribution in [0.4, 0.5) is 8.78 Å². The predicted molar refractivity (Wildman–Crippen MR) is 145 cm³/mol. The van der Waals surface area contributed by atoms with E-state index < -0.39 is 27.6 Å². The molecule has 0 radical (unpaired) electrons. The van der Waals surface area contributed by atoms with E-state index in [-0.39, 0.29) is 11.0 Å². The number of nitrogens with one attached hydrogen (secondary N) is 1. The Hall–Kier alpha value is -3.76. The van der Waals surface area contributed by atoms with Gasteiger partial charge in [-0.3, -0.25) is 9.52 Å². The van der Waals surface area contributed by atoms with Crippen LogP contribution in [-0.2, 0) is 21.4 Å². The maximum absolute atomic E-state index is 13.7. The lowest BCUT2D eigenvalue weighted by Crippen LogP contribution is -2.31. The zero-order chi connectivity index (χ0) is 26.9. The molecule has 6 nitrogen and oxygen atoms in total. The van der Waals surface area contributed by atoms with Crippen LogP contribution in [0.5, 0.6) is 5.75 Å². The van der Waals surface area contributed by atoms with Gasteiger partial charge in [0.2, 0.25) is 15.9 Å². The van der Waals surface area contributed by atoms with Gasteiger partial charge < -0.3 is 4.74 Å². The van der Waals surface area contributed by atoms with E-state index >= 15 is 0 Å². The highest BCUT2D eigenvalue weighted by Crippen LogP contribution is 2.44. The number of hydrogen-bond donors (Lipinski definition) is 1. The Labute approximate surface area is 222 Å². The van der Waals surface area contributed by atoms with E-state index in [2.05, 4.69) is 4.98 Å². The van der Waals surface area contributed by atoms with Crippen molar-refractivity contribution in [1.29, 1.82) is 0 Å². The number of carbonyl (C=O) groups excluding carboxylic acids is 1. The molecule has 0 spiro atoms. The van der Waals surface area contributed by atoms with Gasteiger partial charge in [0.25, 0.3) is 0 Å². The molecule has 0 saturated heterocycles. The average Bonchev–Trinajstić information content (AvgIpc) is 3.02. The summed E-state index contributed by atoms with van der Waals surface area (Å²) in [5.74, 6) is -1.87. The maximum Gasteiger partial charge on any atom is 0.243 e. The summed E-state index contributed by atoms with van der Waals surface area (Å²) in [6.07, 6.45) is 4.57. The molecular weight excluding hydrogens is 530 g/mol. The van der Waals surface area contributed by atoms with Crippen molar-refractivity contribution in [3.05, 3.63) is 106 Å². The summed E-state index contributed by atoms with van der Waals surface area (Å²) in [5.41, 5.74) is 4.56. The fourth-order valence-corrected chi connectivity index (χ4v) is 5.97. The minimum Gasteiger partial charge on any atom is -0.489 e. The summed E-state index contributed by atoms with van der Waals surface area (Å²) >= 11 is 1.31. The van der Waals surface area contributed by atoms with E-state index in [4.69, 9.17) is 4.74 Å². The third-order valence-electron chi connectivity index (χ3n) is 5.92. The lowest BCUT2D eigenvalue weighted by molar-refractivity contribution is -0.116. The first-order valence-corrected chi connectivity index (χ1v) is 14.5. The molecule has 1 unspecified atom stereocenters. The second kappa shape index (κ2) is 10.5. The van der Waals surface area contributed by atoms with E-state index in [9.17, 15) is 22.0 Å². The molecular formula is C28H22F2N2O4S2. The monoisotopic (exact) mass is 552 g/mol. The minimum atomic E-state index is -3.66. The third kappa shape index (κ3) is 5.87. The number of hydrogen-bond acceptors (Lipinski definition) is 6. The molecule has 0 saturated carbocycles. The highest BCUT2D eigenvalue weighted by atomic mass is 32.2. The molecule has 1 aromatic heterocycles. The second-order valence-electron chi connectivity index (χ2n) is 8.80. The molecule has 1 aliphatic rings. The van der Waals surface area contributed by atoms with Gasteiger partial charge >= 0.3 is 0 Å². The summed E-state index contributed by atoms with van der Waals surface area (Å²) in [6.45, 7) is 0.364. The Morgan fingerprint density at radius 1 is 1.05 bits per heavy atom. The molecule has 194 valence electrons. The Bertz CT molecular complexity index is 1690. The first kappa shape index (κ1) is 25.9. The highest BCUT2D eigenvalue weighted by molar-refractivity contribution is 8.00. The summed E-state index contributed by atoms with van der Waals surface area (Å²) in [4.78, 5) is 16.7. The fourth-order valence-electron chi connectivity index (χ4n) is 4.23. The number of fused-ring (bicyclic) bond motifs is 3. The van der Waals surface area contributed by atoms with Crippen molar-refractivity contribution in [2.45, 2.75) is 11.9 Å². The van der Waals surface area contributed by atoms with Crippen LogP contribution in [-0.4, -0.2) is 31.3 Å². The van der Waals surface area contributed by atoms with Gasteiger partial charge in [-0.1, -0.05) is 42.5 Å². The van der Waals surface area contributed by atoms with Crippen molar-refractivity contribution in [3.8, 4) is 5.75 Å². The summed E-state index contributed by atoms with van der Waals surface area (Å²) in [5, 5.41) is 0.223. The highest BCUT2D eigenvalue weighted by Gasteiger charge is 2.26. The normalized spacial score (nSPS) is 15.0. The van der Waals surface area contributed by atoms with E-state index in [1.54, 1.807) is 18.2 Å². The predicted octanol–water partition coefficient (Wildman–Crippen LogP) is 5.47. The average molecular weight is 553 g/mol. The van der Waals surface area contributed by atoms with Gasteiger partial charge in [0, 0.05) is 17.0 Å². The Morgan fingerprint density at radius 2 is 1.84 bits per heavy atom. The number of nitrogens with zero attached hydrogens (tertiary/aromatic N) is 1. The van der Waals surface area contributed by atoms with Crippen molar-refractivity contribution < 1.29 is 26.7 Å². The van der Waals surface area contributed by atoms with Gasteiger partial charge in [0.15, 0.2) is 11.6 Å². The number of rotatable bonds is 6. The number of sulfonamides is 1. The topological polar surface area (TPSA) is 85.4 Å². The lowest BCUT2D eigenvalue weighted by atomic mass is 9.98. The fraction of sp³-hybridized carbons (Fsp3) is 0.143. The quantitative estimate of drug-likeness (QED) is 0.341. The Balaban J connectivity index is 1.46. The molecule has 1 N–H and O–H groups in total. The lowest BCUT2D eigenvalue weighted by Gasteiger charge is -2.19. The Kier molecular flexibility index (Phi) is 7.18. The summed E-state index contributed by atoms with van der Waals surface area (Å²) < 4.78 is 58.2. The van der Waals surface area contributed by atoms with Gasteiger partial charge in [-0.15, -0.1) is 11.8 Å². The molecule has 2 heterocycles. The second-order valence-corrected chi connectivity index (χ2v) is 11.6.